The van der Waals surface area contributed by atoms with Gasteiger partial charge in [0.2, 0.25) is 0 Å². The highest BCUT2D eigenvalue weighted by Gasteiger charge is 2.14. The lowest BCUT2D eigenvalue weighted by Gasteiger charge is -2.11. The third-order valence-corrected chi connectivity index (χ3v) is 4.59. The molecule has 26 heavy (non-hydrogen) atoms. The second kappa shape index (κ2) is 8.25. The van der Waals surface area contributed by atoms with Crippen molar-refractivity contribution in [3.8, 4) is 5.75 Å². The van der Waals surface area contributed by atoms with Crippen molar-refractivity contribution < 1.29 is 18.7 Å². The van der Waals surface area contributed by atoms with Gasteiger partial charge in [-0.15, -0.1) is 11.3 Å². The van der Waals surface area contributed by atoms with Gasteiger partial charge in [-0.25, -0.2) is 9.37 Å². The van der Waals surface area contributed by atoms with Crippen LogP contribution in [0.3, 0.4) is 0 Å². The first-order valence-corrected chi connectivity index (χ1v) is 9.07. The van der Waals surface area contributed by atoms with Gasteiger partial charge in [-0.1, -0.05) is 6.07 Å². The summed E-state index contributed by atoms with van der Waals surface area (Å²) in [6.07, 6.45) is 0. The molecule has 136 valence electrons. The van der Waals surface area contributed by atoms with E-state index >= 15 is 0 Å². The maximum Gasteiger partial charge on any atom is 0.255 e. The Bertz CT molecular complexity index is 926. The smallest absolute Gasteiger partial charge is 0.255 e. The maximum absolute atomic E-state index is 14.5. The molecule has 3 aromatic rings. The molecule has 0 aliphatic heterocycles. The lowest BCUT2D eigenvalue weighted by Crippen LogP contribution is -2.14. The van der Waals surface area contributed by atoms with Crippen molar-refractivity contribution in [1.29, 1.82) is 0 Å². The van der Waals surface area contributed by atoms with Crippen molar-refractivity contribution in [2.75, 3.05) is 25.1 Å². The number of rotatable bonds is 7. The van der Waals surface area contributed by atoms with E-state index in [-0.39, 0.29) is 24.0 Å². The summed E-state index contributed by atoms with van der Waals surface area (Å²) in [6.45, 7) is 4.98. The van der Waals surface area contributed by atoms with Crippen molar-refractivity contribution in [2.24, 2.45) is 0 Å². The molecule has 0 aliphatic rings. The number of aryl methyl sites for hydroxylation is 1. The molecule has 0 atom stereocenters. The molecule has 1 amide bonds. The standard InChI is InChI=1S/C19H19FN2O3S/c1-3-24-9-10-25-16-6-4-5-15(18(16)20)22-19(23)13-7-8-14-17(11-13)26-12(2)21-14/h4-8,11H,3,9-10H2,1-2H3,(H,22,23). The summed E-state index contributed by atoms with van der Waals surface area (Å²) in [4.78, 5) is 16.8. The second-order valence-corrected chi connectivity index (χ2v) is 6.77. The Morgan fingerprint density at radius 3 is 2.92 bits per heavy atom. The maximum atomic E-state index is 14.5. The topological polar surface area (TPSA) is 60.5 Å². The van der Waals surface area contributed by atoms with Gasteiger partial charge in [0.1, 0.15) is 6.61 Å². The molecule has 0 saturated carbocycles. The van der Waals surface area contributed by atoms with Gasteiger partial charge in [0.25, 0.3) is 5.91 Å². The van der Waals surface area contributed by atoms with Crippen LogP contribution in [0.15, 0.2) is 36.4 Å². The molecular weight excluding hydrogens is 355 g/mol. The molecule has 1 heterocycles. The molecule has 1 N–H and O–H groups in total. The average molecular weight is 374 g/mol. The number of anilines is 1. The van der Waals surface area contributed by atoms with Crippen LogP contribution in [-0.4, -0.2) is 30.7 Å². The van der Waals surface area contributed by atoms with Crippen LogP contribution in [-0.2, 0) is 4.74 Å². The first-order valence-electron chi connectivity index (χ1n) is 8.26. The lowest BCUT2D eigenvalue weighted by atomic mass is 10.2. The number of amides is 1. The molecule has 7 heteroatoms. The minimum absolute atomic E-state index is 0.0736. The minimum Gasteiger partial charge on any atom is -0.488 e. The van der Waals surface area contributed by atoms with E-state index in [9.17, 15) is 9.18 Å². The quantitative estimate of drug-likeness (QED) is 0.622. The number of nitrogens with zero attached hydrogens (tertiary/aromatic N) is 1. The number of carbonyl (C=O) groups excluding carboxylic acids is 1. The fourth-order valence-electron chi connectivity index (χ4n) is 2.45. The predicted octanol–water partition coefficient (Wildman–Crippen LogP) is 4.41. The Morgan fingerprint density at radius 1 is 1.27 bits per heavy atom. The molecule has 5 nitrogen and oxygen atoms in total. The zero-order chi connectivity index (χ0) is 18.5. The zero-order valence-electron chi connectivity index (χ0n) is 14.5. The number of hydrogen-bond donors (Lipinski definition) is 1. The van der Waals surface area contributed by atoms with E-state index in [1.54, 1.807) is 24.3 Å². The Kier molecular flexibility index (Phi) is 5.80. The monoisotopic (exact) mass is 374 g/mol. The lowest BCUT2D eigenvalue weighted by molar-refractivity contribution is 0.102. The Balaban J connectivity index is 1.73. The highest BCUT2D eigenvalue weighted by atomic mass is 32.1. The van der Waals surface area contributed by atoms with Crippen molar-refractivity contribution >= 4 is 33.1 Å². The van der Waals surface area contributed by atoms with E-state index < -0.39 is 5.82 Å². The molecule has 0 unspecified atom stereocenters. The summed E-state index contributed by atoms with van der Waals surface area (Å²) in [5, 5.41) is 3.53. The summed E-state index contributed by atoms with van der Waals surface area (Å²) >= 11 is 1.51. The van der Waals surface area contributed by atoms with E-state index in [1.165, 1.54) is 23.5 Å². The van der Waals surface area contributed by atoms with Gasteiger partial charge in [0.05, 0.1) is 27.5 Å². The summed E-state index contributed by atoms with van der Waals surface area (Å²) in [7, 11) is 0. The van der Waals surface area contributed by atoms with Gasteiger partial charge in [-0.05, 0) is 44.2 Å². The molecule has 0 saturated heterocycles. The van der Waals surface area contributed by atoms with E-state index in [0.29, 0.717) is 18.8 Å². The van der Waals surface area contributed by atoms with Gasteiger partial charge in [-0.2, -0.15) is 0 Å². The Morgan fingerprint density at radius 2 is 2.12 bits per heavy atom. The fraction of sp³-hybridized carbons (Fsp3) is 0.263. The first kappa shape index (κ1) is 18.3. The van der Waals surface area contributed by atoms with E-state index in [4.69, 9.17) is 9.47 Å². The molecule has 0 bridgehead atoms. The fourth-order valence-corrected chi connectivity index (χ4v) is 3.32. The SMILES string of the molecule is CCOCCOc1cccc(NC(=O)c2ccc3nc(C)sc3c2)c1F. The van der Waals surface area contributed by atoms with Gasteiger partial charge in [0.15, 0.2) is 11.6 Å². The molecule has 2 aromatic carbocycles. The molecule has 0 fully saturated rings. The number of fused-ring (bicyclic) bond motifs is 1. The van der Waals surface area contributed by atoms with Gasteiger partial charge in [-0.3, -0.25) is 4.79 Å². The third kappa shape index (κ3) is 4.17. The molecule has 0 spiro atoms. The number of carbonyl (C=O) groups is 1. The second-order valence-electron chi connectivity index (χ2n) is 5.53. The number of hydrogen-bond acceptors (Lipinski definition) is 5. The molecule has 1 aromatic heterocycles. The van der Waals surface area contributed by atoms with Crippen LogP contribution in [0.1, 0.15) is 22.3 Å². The van der Waals surface area contributed by atoms with Gasteiger partial charge < -0.3 is 14.8 Å². The molecule has 3 rings (SSSR count). The molecular formula is C19H19FN2O3S. The van der Waals surface area contributed by atoms with Crippen molar-refractivity contribution in [2.45, 2.75) is 13.8 Å². The van der Waals surface area contributed by atoms with Crippen molar-refractivity contribution in [3.63, 3.8) is 0 Å². The summed E-state index contributed by atoms with van der Waals surface area (Å²) < 4.78 is 26.0. The van der Waals surface area contributed by atoms with Crippen molar-refractivity contribution in [3.05, 3.63) is 52.8 Å². The van der Waals surface area contributed by atoms with Crippen molar-refractivity contribution in [1.82, 2.24) is 4.98 Å². The summed E-state index contributed by atoms with van der Waals surface area (Å²) in [6, 6.07) is 9.87. The Hall–Kier alpha value is -2.51. The molecule has 0 radical (unpaired) electrons. The van der Waals surface area contributed by atoms with E-state index in [0.717, 1.165) is 15.2 Å². The summed E-state index contributed by atoms with van der Waals surface area (Å²) in [5.41, 5.74) is 1.37. The average Bonchev–Trinajstić information content (AvgIpc) is 3.00. The number of ether oxygens (including phenoxy) is 2. The first-order chi connectivity index (χ1) is 12.6. The predicted molar refractivity (Wildman–Crippen MR) is 101 cm³/mol. The van der Waals surface area contributed by atoms with Gasteiger partial charge in [0, 0.05) is 12.2 Å². The van der Waals surface area contributed by atoms with E-state index in [1.807, 2.05) is 13.8 Å². The number of thiazole rings is 1. The van der Waals surface area contributed by atoms with Crippen LogP contribution in [0, 0.1) is 12.7 Å². The number of benzene rings is 2. The highest BCUT2D eigenvalue weighted by Crippen LogP contribution is 2.26. The summed E-state index contributed by atoms with van der Waals surface area (Å²) in [5.74, 6) is -0.911. The van der Waals surface area contributed by atoms with Gasteiger partial charge >= 0.3 is 0 Å². The number of halogens is 1. The zero-order valence-corrected chi connectivity index (χ0v) is 15.4. The van der Waals surface area contributed by atoms with E-state index in [2.05, 4.69) is 10.3 Å². The van der Waals surface area contributed by atoms with Crippen LogP contribution in [0.25, 0.3) is 10.2 Å². The van der Waals surface area contributed by atoms with Crippen LogP contribution in [0.4, 0.5) is 10.1 Å². The highest BCUT2D eigenvalue weighted by molar-refractivity contribution is 7.18. The van der Waals surface area contributed by atoms with Crippen LogP contribution < -0.4 is 10.1 Å². The normalized spacial score (nSPS) is 10.9. The minimum atomic E-state index is -0.605. The number of nitrogens with one attached hydrogen (secondary N) is 1. The number of aromatic nitrogens is 1. The third-order valence-electron chi connectivity index (χ3n) is 3.66. The Labute approximate surface area is 154 Å². The van der Waals surface area contributed by atoms with Crippen LogP contribution >= 0.6 is 11.3 Å². The largest absolute Gasteiger partial charge is 0.488 e. The van der Waals surface area contributed by atoms with Crippen LogP contribution in [0.2, 0.25) is 0 Å². The van der Waals surface area contributed by atoms with Crippen LogP contribution in [0.5, 0.6) is 5.75 Å². The molecule has 0 aliphatic carbocycles.